The van der Waals surface area contributed by atoms with Gasteiger partial charge in [-0.3, -0.25) is 9.59 Å². The monoisotopic (exact) mass is 400 g/mol. The number of hydrogen-bond donors (Lipinski definition) is 1. The van der Waals surface area contributed by atoms with E-state index in [1.165, 1.54) is 12.1 Å². The first kappa shape index (κ1) is 21.0. The third-order valence-corrected chi connectivity index (χ3v) is 5.14. The average molecular weight is 400 g/mol. The van der Waals surface area contributed by atoms with E-state index in [2.05, 4.69) is 10.4 Å². The highest BCUT2D eigenvalue weighted by molar-refractivity contribution is 5.96. The molecule has 1 aromatic heterocycles. The number of nitrogens with one attached hydrogen (secondary N) is 1. The van der Waals surface area contributed by atoms with Crippen LogP contribution in [0, 0.1) is 5.82 Å². The van der Waals surface area contributed by atoms with Crippen LogP contribution in [-0.2, 0) is 17.6 Å². The Morgan fingerprint density at radius 2 is 1.86 bits per heavy atom. The number of fused-ring (bicyclic) bond motifs is 1. The van der Waals surface area contributed by atoms with Crippen molar-refractivity contribution in [2.45, 2.75) is 52.4 Å². The zero-order valence-corrected chi connectivity index (χ0v) is 17.2. The SMILES string of the molecule is CCCNC(=O)CN(CCC)C(=O)c1nn(-c2ccc(F)cc2)c2c1CCCC2. The molecule has 7 heteroatoms. The second-order valence-corrected chi connectivity index (χ2v) is 7.45. The predicted molar refractivity (Wildman–Crippen MR) is 110 cm³/mol. The van der Waals surface area contributed by atoms with Crippen LogP contribution >= 0.6 is 0 Å². The lowest BCUT2D eigenvalue weighted by molar-refractivity contribution is -0.121. The highest BCUT2D eigenvalue weighted by Gasteiger charge is 2.29. The normalized spacial score (nSPS) is 13.1. The lowest BCUT2D eigenvalue weighted by Crippen LogP contribution is -2.41. The summed E-state index contributed by atoms with van der Waals surface area (Å²) in [5.41, 5.74) is 3.13. The van der Waals surface area contributed by atoms with Crippen LogP contribution in [0.5, 0.6) is 0 Å². The molecule has 0 saturated carbocycles. The summed E-state index contributed by atoms with van der Waals surface area (Å²) in [6, 6.07) is 6.14. The molecule has 0 radical (unpaired) electrons. The molecule has 2 amide bonds. The Bertz CT molecular complexity index is 860. The van der Waals surface area contributed by atoms with Crippen LogP contribution in [0.2, 0.25) is 0 Å². The van der Waals surface area contributed by atoms with Crippen molar-refractivity contribution in [2.24, 2.45) is 0 Å². The largest absolute Gasteiger partial charge is 0.355 e. The fourth-order valence-electron chi connectivity index (χ4n) is 3.73. The molecule has 6 nitrogen and oxygen atoms in total. The molecule has 29 heavy (non-hydrogen) atoms. The Balaban J connectivity index is 1.92. The maximum atomic E-state index is 13.3. The van der Waals surface area contributed by atoms with Crippen LogP contribution in [0.15, 0.2) is 24.3 Å². The van der Waals surface area contributed by atoms with Gasteiger partial charge in [-0.15, -0.1) is 0 Å². The Labute approximate surface area is 171 Å². The van der Waals surface area contributed by atoms with Gasteiger partial charge in [-0.1, -0.05) is 13.8 Å². The molecule has 1 aliphatic carbocycles. The van der Waals surface area contributed by atoms with Gasteiger partial charge < -0.3 is 10.2 Å². The van der Waals surface area contributed by atoms with E-state index < -0.39 is 0 Å². The number of hydrogen-bond acceptors (Lipinski definition) is 3. The molecular formula is C22H29FN4O2. The number of aromatic nitrogens is 2. The van der Waals surface area contributed by atoms with Crippen molar-refractivity contribution in [1.82, 2.24) is 20.0 Å². The predicted octanol–water partition coefficient (Wildman–Crippen LogP) is 3.27. The van der Waals surface area contributed by atoms with E-state index >= 15 is 0 Å². The van der Waals surface area contributed by atoms with Gasteiger partial charge in [0.1, 0.15) is 5.82 Å². The zero-order valence-electron chi connectivity index (χ0n) is 17.2. The standard InChI is InChI=1S/C22H29FN4O2/c1-3-13-24-20(28)15-26(14-4-2)22(29)21-18-7-5-6-8-19(18)27(25-21)17-11-9-16(23)10-12-17/h9-12H,3-8,13-15H2,1-2H3,(H,24,28). The summed E-state index contributed by atoms with van der Waals surface area (Å²) in [6.45, 7) is 5.10. The molecule has 0 aliphatic heterocycles. The Morgan fingerprint density at radius 3 is 2.55 bits per heavy atom. The average Bonchev–Trinajstić information content (AvgIpc) is 3.12. The number of carbonyl (C=O) groups excluding carboxylic acids is 2. The maximum absolute atomic E-state index is 13.3. The van der Waals surface area contributed by atoms with Crippen LogP contribution in [0.4, 0.5) is 4.39 Å². The first-order chi connectivity index (χ1) is 14.0. The summed E-state index contributed by atoms with van der Waals surface area (Å²) >= 11 is 0. The molecule has 1 N–H and O–H groups in total. The van der Waals surface area contributed by atoms with E-state index in [-0.39, 0.29) is 24.2 Å². The molecule has 1 aromatic carbocycles. The number of nitrogens with zero attached hydrogens (tertiary/aromatic N) is 3. The van der Waals surface area contributed by atoms with Gasteiger partial charge in [0.05, 0.1) is 12.2 Å². The Hall–Kier alpha value is -2.70. The zero-order chi connectivity index (χ0) is 20.8. The highest BCUT2D eigenvalue weighted by atomic mass is 19.1. The fraction of sp³-hybridized carbons (Fsp3) is 0.500. The van der Waals surface area contributed by atoms with Crippen LogP contribution in [-0.4, -0.2) is 46.1 Å². The highest BCUT2D eigenvalue weighted by Crippen LogP contribution is 2.28. The Morgan fingerprint density at radius 1 is 1.14 bits per heavy atom. The van der Waals surface area contributed by atoms with Crippen molar-refractivity contribution in [2.75, 3.05) is 19.6 Å². The summed E-state index contributed by atoms with van der Waals surface area (Å²) in [5, 5.41) is 7.47. The Kier molecular flexibility index (Phi) is 7.01. The van der Waals surface area contributed by atoms with Gasteiger partial charge in [-0.2, -0.15) is 5.10 Å². The van der Waals surface area contributed by atoms with Crippen LogP contribution in [0.3, 0.4) is 0 Å². The smallest absolute Gasteiger partial charge is 0.275 e. The molecule has 3 rings (SSSR count). The van der Waals surface area contributed by atoms with E-state index in [1.807, 2.05) is 13.8 Å². The minimum absolute atomic E-state index is 0.0326. The van der Waals surface area contributed by atoms with Crippen molar-refractivity contribution in [3.63, 3.8) is 0 Å². The molecule has 1 aliphatic rings. The van der Waals surface area contributed by atoms with Crippen molar-refractivity contribution in [3.8, 4) is 5.69 Å². The maximum Gasteiger partial charge on any atom is 0.275 e. The number of benzene rings is 1. The summed E-state index contributed by atoms with van der Waals surface area (Å²) < 4.78 is 15.1. The lowest BCUT2D eigenvalue weighted by atomic mass is 9.95. The van der Waals surface area contributed by atoms with Crippen LogP contribution in [0.1, 0.15) is 61.3 Å². The van der Waals surface area contributed by atoms with E-state index in [0.29, 0.717) is 18.8 Å². The first-order valence-corrected chi connectivity index (χ1v) is 10.5. The van der Waals surface area contributed by atoms with Gasteiger partial charge in [0.2, 0.25) is 5.91 Å². The third-order valence-electron chi connectivity index (χ3n) is 5.14. The van der Waals surface area contributed by atoms with Crippen molar-refractivity contribution < 1.29 is 14.0 Å². The molecule has 0 fully saturated rings. The number of amides is 2. The molecule has 0 spiro atoms. The van der Waals surface area contributed by atoms with E-state index in [1.54, 1.807) is 21.7 Å². The van der Waals surface area contributed by atoms with Crippen molar-refractivity contribution >= 4 is 11.8 Å². The lowest BCUT2D eigenvalue weighted by Gasteiger charge is -2.21. The molecule has 0 saturated heterocycles. The van der Waals surface area contributed by atoms with Crippen LogP contribution in [0.25, 0.3) is 5.69 Å². The molecule has 0 bridgehead atoms. The van der Waals surface area contributed by atoms with Gasteiger partial charge in [-0.05, 0) is 62.8 Å². The molecular weight excluding hydrogens is 371 g/mol. The summed E-state index contributed by atoms with van der Waals surface area (Å²) in [7, 11) is 0. The number of rotatable bonds is 8. The molecule has 0 unspecified atom stereocenters. The molecule has 1 heterocycles. The van der Waals surface area contributed by atoms with Crippen LogP contribution < -0.4 is 5.32 Å². The second-order valence-electron chi connectivity index (χ2n) is 7.45. The van der Waals surface area contributed by atoms with E-state index in [0.717, 1.165) is 55.5 Å². The van der Waals surface area contributed by atoms with Crippen molar-refractivity contribution in [1.29, 1.82) is 0 Å². The van der Waals surface area contributed by atoms with E-state index in [9.17, 15) is 14.0 Å². The van der Waals surface area contributed by atoms with Gasteiger partial charge in [0.25, 0.3) is 5.91 Å². The van der Waals surface area contributed by atoms with Crippen molar-refractivity contribution in [3.05, 3.63) is 47.0 Å². The topological polar surface area (TPSA) is 67.2 Å². The molecule has 2 aromatic rings. The fourth-order valence-corrected chi connectivity index (χ4v) is 3.73. The second kappa shape index (κ2) is 9.67. The molecule has 0 atom stereocenters. The third kappa shape index (κ3) is 4.83. The number of halogens is 1. The number of carbonyl (C=O) groups is 2. The molecule has 156 valence electrons. The summed E-state index contributed by atoms with van der Waals surface area (Å²) in [4.78, 5) is 27.1. The quantitative estimate of drug-likeness (QED) is 0.740. The van der Waals surface area contributed by atoms with Gasteiger partial charge in [-0.25, -0.2) is 9.07 Å². The van der Waals surface area contributed by atoms with Gasteiger partial charge in [0.15, 0.2) is 5.69 Å². The minimum Gasteiger partial charge on any atom is -0.355 e. The summed E-state index contributed by atoms with van der Waals surface area (Å²) in [6.07, 6.45) is 5.27. The summed E-state index contributed by atoms with van der Waals surface area (Å²) in [5.74, 6) is -0.670. The van der Waals surface area contributed by atoms with Gasteiger partial charge >= 0.3 is 0 Å². The van der Waals surface area contributed by atoms with Gasteiger partial charge in [0, 0.05) is 24.3 Å². The first-order valence-electron chi connectivity index (χ1n) is 10.5. The minimum atomic E-state index is -0.307. The van der Waals surface area contributed by atoms with E-state index in [4.69, 9.17) is 0 Å².